The van der Waals surface area contributed by atoms with Gasteiger partial charge in [-0.2, -0.15) is 9.40 Å². The standard InChI is InChI=1S/C16H19N5O5S/c1-2-27(25,26)19-10-8-18(9-11-19)16(22)15-6-7-20(17-15)13-4-3-5-14(12-13)21(23)24/h3-7,12H,2,8-11H2,1H3. The van der Waals surface area contributed by atoms with Crippen molar-refractivity contribution in [2.45, 2.75) is 6.92 Å². The fourth-order valence-electron chi connectivity index (χ4n) is 2.84. The van der Waals surface area contributed by atoms with Crippen molar-refractivity contribution >= 4 is 21.6 Å². The molecule has 0 aliphatic carbocycles. The quantitative estimate of drug-likeness (QED) is 0.550. The first-order chi connectivity index (χ1) is 12.8. The summed E-state index contributed by atoms with van der Waals surface area (Å²) < 4.78 is 26.6. The van der Waals surface area contributed by atoms with Crippen LogP contribution in [0.5, 0.6) is 0 Å². The highest BCUT2D eigenvalue weighted by Gasteiger charge is 2.28. The van der Waals surface area contributed by atoms with Crippen molar-refractivity contribution in [3.63, 3.8) is 0 Å². The molecular weight excluding hydrogens is 374 g/mol. The van der Waals surface area contributed by atoms with Gasteiger partial charge in [-0.1, -0.05) is 6.07 Å². The molecule has 1 aromatic carbocycles. The highest BCUT2D eigenvalue weighted by atomic mass is 32.2. The minimum absolute atomic E-state index is 0.0363. The summed E-state index contributed by atoms with van der Waals surface area (Å²) in [6.07, 6.45) is 1.56. The Labute approximate surface area is 156 Å². The molecule has 1 aliphatic heterocycles. The zero-order valence-electron chi connectivity index (χ0n) is 14.7. The third-order valence-electron chi connectivity index (χ3n) is 4.40. The number of carbonyl (C=O) groups excluding carboxylic acids is 1. The second-order valence-electron chi connectivity index (χ2n) is 6.01. The van der Waals surface area contributed by atoms with Crippen molar-refractivity contribution in [3.8, 4) is 5.69 Å². The second kappa shape index (κ2) is 7.45. The van der Waals surface area contributed by atoms with Gasteiger partial charge in [-0.3, -0.25) is 14.9 Å². The molecule has 0 bridgehead atoms. The van der Waals surface area contributed by atoms with E-state index in [0.29, 0.717) is 18.8 Å². The normalized spacial score (nSPS) is 15.7. The molecule has 2 heterocycles. The maximum atomic E-state index is 12.6. The van der Waals surface area contributed by atoms with Crippen molar-refractivity contribution < 1.29 is 18.1 Å². The van der Waals surface area contributed by atoms with E-state index >= 15 is 0 Å². The molecule has 0 radical (unpaired) electrons. The zero-order valence-corrected chi connectivity index (χ0v) is 15.5. The van der Waals surface area contributed by atoms with E-state index in [1.165, 1.54) is 27.2 Å². The number of nitro benzene ring substituents is 1. The monoisotopic (exact) mass is 393 g/mol. The minimum Gasteiger partial charge on any atom is -0.335 e. The average molecular weight is 393 g/mol. The molecule has 3 rings (SSSR count). The third-order valence-corrected chi connectivity index (χ3v) is 6.28. The molecule has 0 atom stereocenters. The largest absolute Gasteiger partial charge is 0.335 e. The van der Waals surface area contributed by atoms with Gasteiger partial charge in [0, 0.05) is 44.5 Å². The maximum Gasteiger partial charge on any atom is 0.274 e. The summed E-state index contributed by atoms with van der Waals surface area (Å²) >= 11 is 0. The van der Waals surface area contributed by atoms with E-state index in [0.717, 1.165) is 0 Å². The Kier molecular flexibility index (Phi) is 5.24. The molecule has 11 heteroatoms. The number of aromatic nitrogens is 2. The number of carbonyl (C=O) groups is 1. The molecule has 10 nitrogen and oxygen atoms in total. The molecule has 1 aliphatic rings. The van der Waals surface area contributed by atoms with Gasteiger partial charge in [0.2, 0.25) is 10.0 Å². The highest BCUT2D eigenvalue weighted by Crippen LogP contribution is 2.17. The fraction of sp³-hybridized carbons (Fsp3) is 0.375. The van der Waals surface area contributed by atoms with Crippen LogP contribution in [-0.4, -0.2) is 70.2 Å². The van der Waals surface area contributed by atoms with Crippen molar-refractivity contribution in [2.24, 2.45) is 0 Å². The Morgan fingerprint density at radius 3 is 2.56 bits per heavy atom. The van der Waals surface area contributed by atoms with Gasteiger partial charge in [-0.25, -0.2) is 13.1 Å². The summed E-state index contributed by atoms with van der Waals surface area (Å²) in [6.45, 7) is 2.69. The second-order valence-corrected chi connectivity index (χ2v) is 8.27. The van der Waals surface area contributed by atoms with Crippen LogP contribution in [0.3, 0.4) is 0 Å². The van der Waals surface area contributed by atoms with Crippen LogP contribution >= 0.6 is 0 Å². The maximum absolute atomic E-state index is 12.6. The molecule has 144 valence electrons. The van der Waals surface area contributed by atoms with Crippen LogP contribution in [0.2, 0.25) is 0 Å². The Hall–Kier alpha value is -2.79. The highest BCUT2D eigenvalue weighted by molar-refractivity contribution is 7.89. The molecule has 1 amide bonds. The number of rotatable bonds is 5. The summed E-state index contributed by atoms with van der Waals surface area (Å²) in [7, 11) is -3.26. The lowest BCUT2D eigenvalue weighted by Crippen LogP contribution is -2.50. The molecule has 1 aromatic heterocycles. The van der Waals surface area contributed by atoms with E-state index in [-0.39, 0.29) is 36.1 Å². The summed E-state index contributed by atoms with van der Waals surface area (Å²) in [5.74, 6) is -0.262. The topological polar surface area (TPSA) is 119 Å². The van der Waals surface area contributed by atoms with Gasteiger partial charge in [0.05, 0.1) is 16.4 Å². The number of non-ortho nitro benzene ring substituents is 1. The summed E-state index contributed by atoms with van der Waals surface area (Å²) in [4.78, 5) is 24.6. The summed E-state index contributed by atoms with van der Waals surface area (Å²) in [5, 5.41) is 15.1. The number of sulfonamides is 1. The summed E-state index contributed by atoms with van der Waals surface area (Å²) in [6, 6.07) is 7.49. The number of nitro groups is 1. The average Bonchev–Trinajstić information content (AvgIpc) is 3.18. The van der Waals surface area contributed by atoms with Crippen molar-refractivity contribution in [2.75, 3.05) is 31.9 Å². The smallest absolute Gasteiger partial charge is 0.274 e. The van der Waals surface area contributed by atoms with E-state index < -0.39 is 14.9 Å². The lowest BCUT2D eigenvalue weighted by Gasteiger charge is -2.33. The molecule has 2 aromatic rings. The first kappa shape index (κ1) is 19.0. The zero-order chi connectivity index (χ0) is 19.6. The van der Waals surface area contributed by atoms with Gasteiger partial charge in [-0.15, -0.1) is 0 Å². The summed E-state index contributed by atoms with van der Waals surface area (Å²) in [5.41, 5.74) is 0.611. The van der Waals surface area contributed by atoms with Gasteiger partial charge in [0.1, 0.15) is 0 Å². The van der Waals surface area contributed by atoms with Crippen LogP contribution < -0.4 is 0 Å². The van der Waals surface area contributed by atoms with E-state index in [2.05, 4.69) is 5.10 Å². The van der Waals surface area contributed by atoms with Gasteiger partial charge >= 0.3 is 0 Å². The van der Waals surface area contributed by atoms with Gasteiger partial charge in [0.15, 0.2) is 5.69 Å². The Balaban J connectivity index is 1.71. The molecule has 0 saturated carbocycles. The van der Waals surface area contributed by atoms with Gasteiger partial charge in [0.25, 0.3) is 11.6 Å². The van der Waals surface area contributed by atoms with Crippen LogP contribution in [0.4, 0.5) is 5.69 Å². The van der Waals surface area contributed by atoms with Crippen LogP contribution in [0.15, 0.2) is 36.5 Å². The first-order valence-corrected chi connectivity index (χ1v) is 10.0. The van der Waals surface area contributed by atoms with Crippen molar-refractivity contribution in [1.82, 2.24) is 19.0 Å². The molecule has 1 fully saturated rings. The van der Waals surface area contributed by atoms with E-state index in [1.54, 1.807) is 30.2 Å². The number of nitrogens with zero attached hydrogens (tertiary/aromatic N) is 5. The predicted molar refractivity (Wildman–Crippen MR) is 97.2 cm³/mol. The molecular formula is C16H19N5O5S. The van der Waals surface area contributed by atoms with Crippen molar-refractivity contribution in [1.29, 1.82) is 0 Å². The molecule has 0 spiro atoms. The molecule has 27 heavy (non-hydrogen) atoms. The van der Waals surface area contributed by atoms with E-state index in [1.807, 2.05) is 0 Å². The van der Waals surface area contributed by atoms with Crippen LogP contribution in [0, 0.1) is 10.1 Å². The Morgan fingerprint density at radius 2 is 1.93 bits per heavy atom. The third kappa shape index (κ3) is 3.98. The van der Waals surface area contributed by atoms with Crippen LogP contribution in [0.25, 0.3) is 5.69 Å². The number of hydrogen-bond acceptors (Lipinski definition) is 6. The SMILES string of the molecule is CCS(=O)(=O)N1CCN(C(=O)c2ccn(-c3cccc([N+](=O)[O-])c3)n2)CC1. The predicted octanol–water partition coefficient (Wildman–Crippen LogP) is 0.888. The lowest BCUT2D eigenvalue weighted by molar-refractivity contribution is -0.384. The molecule has 1 saturated heterocycles. The number of hydrogen-bond donors (Lipinski definition) is 0. The Bertz CT molecular complexity index is 963. The van der Waals surface area contributed by atoms with Crippen LogP contribution in [-0.2, 0) is 10.0 Å². The first-order valence-electron chi connectivity index (χ1n) is 8.39. The number of amides is 1. The lowest BCUT2D eigenvalue weighted by atomic mass is 10.3. The molecule has 0 unspecified atom stereocenters. The number of piperazine rings is 1. The Morgan fingerprint density at radius 1 is 1.22 bits per heavy atom. The fourth-order valence-corrected chi connectivity index (χ4v) is 3.93. The molecule has 0 N–H and O–H groups in total. The van der Waals surface area contributed by atoms with E-state index in [9.17, 15) is 23.3 Å². The van der Waals surface area contributed by atoms with Gasteiger partial charge < -0.3 is 4.90 Å². The number of benzene rings is 1. The minimum atomic E-state index is -3.26. The van der Waals surface area contributed by atoms with Gasteiger partial charge in [-0.05, 0) is 19.1 Å². The van der Waals surface area contributed by atoms with Crippen molar-refractivity contribution in [3.05, 3.63) is 52.3 Å². The van der Waals surface area contributed by atoms with E-state index in [4.69, 9.17) is 0 Å². The van der Waals surface area contributed by atoms with Crippen LogP contribution in [0.1, 0.15) is 17.4 Å².